The summed E-state index contributed by atoms with van der Waals surface area (Å²) < 4.78 is 5.33. The smallest absolute Gasteiger partial charge is 0.255 e. The van der Waals surface area contributed by atoms with Crippen molar-refractivity contribution in [1.29, 1.82) is 0 Å². The number of rotatable bonds is 4. The van der Waals surface area contributed by atoms with Gasteiger partial charge < -0.3 is 4.74 Å². The fourth-order valence-corrected chi connectivity index (χ4v) is 2.89. The first-order valence-corrected chi connectivity index (χ1v) is 7.42. The van der Waals surface area contributed by atoms with E-state index in [4.69, 9.17) is 4.74 Å². The quantitative estimate of drug-likeness (QED) is 0.937. The molecule has 0 aliphatic carbocycles. The molecule has 20 heavy (non-hydrogen) atoms. The lowest BCUT2D eigenvalue weighted by Gasteiger charge is -2.06. The van der Waals surface area contributed by atoms with Crippen molar-refractivity contribution in [3.05, 3.63) is 40.9 Å². The molecule has 104 valence electrons. The predicted molar refractivity (Wildman–Crippen MR) is 76.8 cm³/mol. The molecule has 5 nitrogen and oxygen atoms in total. The van der Waals surface area contributed by atoms with Gasteiger partial charge in [0.2, 0.25) is 5.13 Å². The van der Waals surface area contributed by atoms with Gasteiger partial charge in [-0.05, 0) is 18.4 Å². The Morgan fingerprint density at radius 1 is 1.35 bits per heavy atom. The molecule has 6 heteroatoms. The van der Waals surface area contributed by atoms with Gasteiger partial charge in [0.25, 0.3) is 5.91 Å². The fourth-order valence-electron chi connectivity index (χ4n) is 2.12. The summed E-state index contributed by atoms with van der Waals surface area (Å²) in [5, 5.41) is 12.3. The van der Waals surface area contributed by atoms with Crippen molar-refractivity contribution in [3.63, 3.8) is 0 Å². The highest BCUT2D eigenvalue weighted by atomic mass is 32.1. The first-order valence-electron chi connectivity index (χ1n) is 6.60. The highest BCUT2D eigenvalue weighted by Crippen LogP contribution is 2.20. The van der Waals surface area contributed by atoms with E-state index in [1.165, 1.54) is 16.9 Å². The Morgan fingerprint density at radius 3 is 2.95 bits per heavy atom. The highest BCUT2D eigenvalue weighted by molar-refractivity contribution is 7.15. The second-order valence-corrected chi connectivity index (χ2v) is 5.72. The highest BCUT2D eigenvalue weighted by Gasteiger charge is 2.24. The summed E-state index contributed by atoms with van der Waals surface area (Å²) in [4.78, 5) is 11.9. The number of nitrogens with zero attached hydrogens (tertiary/aromatic N) is 2. The normalized spacial score (nSPS) is 18.1. The summed E-state index contributed by atoms with van der Waals surface area (Å²) in [6, 6.07) is 10.1. The van der Waals surface area contributed by atoms with Gasteiger partial charge in [-0.25, -0.2) is 0 Å². The van der Waals surface area contributed by atoms with E-state index >= 15 is 0 Å². The van der Waals surface area contributed by atoms with Crippen molar-refractivity contribution >= 4 is 22.4 Å². The monoisotopic (exact) mass is 289 g/mol. The third-order valence-corrected chi connectivity index (χ3v) is 3.96. The predicted octanol–water partition coefficient (Wildman–Crippen LogP) is 2.25. The van der Waals surface area contributed by atoms with E-state index < -0.39 is 0 Å². The van der Waals surface area contributed by atoms with Gasteiger partial charge in [0.15, 0.2) is 0 Å². The minimum absolute atomic E-state index is 0.120. The second kappa shape index (κ2) is 6.11. The van der Waals surface area contributed by atoms with Crippen molar-refractivity contribution in [2.75, 3.05) is 11.9 Å². The van der Waals surface area contributed by atoms with Crippen molar-refractivity contribution in [2.24, 2.45) is 0 Å². The molecular formula is C14H15N3O2S. The van der Waals surface area contributed by atoms with Crippen molar-refractivity contribution in [3.8, 4) is 0 Å². The maximum Gasteiger partial charge on any atom is 0.255 e. The third kappa shape index (κ3) is 3.20. The molecule has 1 N–H and O–H groups in total. The van der Waals surface area contributed by atoms with Gasteiger partial charge in [0.1, 0.15) is 11.1 Å². The Bertz CT molecular complexity index is 579. The summed E-state index contributed by atoms with van der Waals surface area (Å²) in [7, 11) is 0. The van der Waals surface area contributed by atoms with Gasteiger partial charge >= 0.3 is 0 Å². The van der Waals surface area contributed by atoms with Crippen LogP contribution in [0.1, 0.15) is 23.4 Å². The largest absolute Gasteiger partial charge is 0.368 e. The molecule has 2 aromatic rings. The lowest BCUT2D eigenvalue weighted by atomic mass is 10.2. The Hall–Kier alpha value is -1.79. The Labute approximate surface area is 121 Å². The molecule has 0 saturated carbocycles. The molecule has 0 spiro atoms. The zero-order valence-electron chi connectivity index (χ0n) is 10.9. The minimum atomic E-state index is -0.337. The van der Waals surface area contributed by atoms with Crippen molar-refractivity contribution in [2.45, 2.75) is 25.4 Å². The first-order chi connectivity index (χ1) is 9.81. The summed E-state index contributed by atoms with van der Waals surface area (Å²) in [6.07, 6.45) is 2.11. The molecule has 2 heterocycles. The average molecular weight is 289 g/mol. The number of aromatic nitrogens is 2. The van der Waals surface area contributed by atoms with Crippen LogP contribution in [0.3, 0.4) is 0 Å². The molecule has 1 amide bonds. The molecule has 0 bridgehead atoms. The van der Waals surface area contributed by atoms with E-state index in [9.17, 15) is 4.79 Å². The van der Waals surface area contributed by atoms with E-state index in [1.54, 1.807) is 0 Å². The molecule has 1 aromatic carbocycles. The molecule has 0 radical (unpaired) electrons. The summed E-state index contributed by atoms with van der Waals surface area (Å²) in [5.41, 5.74) is 1.18. The Kier molecular flexibility index (Phi) is 4.03. The van der Waals surface area contributed by atoms with Crippen LogP contribution in [0.2, 0.25) is 0 Å². The SMILES string of the molecule is O=C(Nc1nnc(Cc2ccccc2)s1)[C@H]1CCCO1. The first kappa shape index (κ1) is 13.2. The van der Waals surface area contributed by atoms with Gasteiger partial charge in [0.05, 0.1) is 0 Å². The van der Waals surface area contributed by atoms with E-state index in [0.717, 1.165) is 24.3 Å². The van der Waals surface area contributed by atoms with Gasteiger partial charge in [0, 0.05) is 13.0 Å². The maximum absolute atomic E-state index is 11.9. The molecule has 1 aliphatic rings. The lowest BCUT2D eigenvalue weighted by molar-refractivity contribution is -0.124. The van der Waals surface area contributed by atoms with Crippen LogP contribution in [0.4, 0.5) is 5.13 Å². The molecule has 1 fully saturated rings. The van der Waals surface area contributed by atoms with Crippen LogP contribution in [0, 0.1) is 0 Å². The van der Waals surface area contributed by atoms with Crippen LogP contribution in [-0.2, 0) is 16.0 Å². The number of carbonyl (C=O) groups excluding carboxylic acids is 1. The van der Waals surface area contributed by atoms with E-state index in [-0.39, 0.29) is 12.0 Å². The van der Waals surface area contributed by atoms with Crippen LogP contribution >= 0.6 is 11.3 Å². The van der Waals surface area contributed by atoms with Gasteiger partial charge in [-0.15, -0.1) is 10.2 Å². The lowest BCUT2D eigenvalue weighted by Crippen LogP contribution is -2.26. The molecule has 1 aliphatic heterocycles. The molecule has 1 aromatic heterocycles. The number of nitrogens with one attached hydrogen (secondary N) is 1. The van der Waals surface area contributed by atoms with Crippen LogP contribution in [0.15, 0.2) is 30.3 Å². The van der Waals surface area contributed by atoms with Crippen LogP contribution < -0.4 is 5.32 Å². The summed E-state index contributed by atoms with van der Waals surface area (Å²) >= 11 is 1.41. The number of anilines is 1. The number of benzene rings is 1. The number of carbonyl (C=O) groups is 1. The summed E-state index contributed by atoms with van der Waals surface area (Å²) in [5.74, 6) is -0.120. The number of amides is 1. The van der Waals surface area contributed by atoms with Crippen LogP contribution in [0.25, 0.3) is 0 Å². The number of ether oxygens (including phenoxy) is 1. The molecule has 1 saturated heterocycles. The van der Waals surface area contributed by atoms with E-state index in [1.807, 2.05) is 30.3 Å². The van der Waals surface area contributed by atoms with Gasteiger partial charge in [-0.3, -0.25) is 10.1 Å². The van der Waals surface area contributed by atoms with E-state index in [0.29, 0.717) is 11.7 Å². The maximum atomic E-state index is 11.9. The van der Waals surface area contributed by atoms with Crippen LogP contribution in [0.5, 0.6) is 0 Å². The second-order valence-electron chi connectivity index (χ2n) is 4.65. The minimum Gasteiger partial charge on any atom is -0.368 e. The molecular weight excluding hydrogens is 274 g/mol. The fraction of sp³-hybridized carbons (Fsp3) is 0.357. The molecule has 3 rings (SSSR count). The van der Waals surface area contributed by atoms with Crippen LogP contribution in [-0.4, -0.2) is 28.8 Å². The zero-order valence-corrected chi connectivity index (χ0v) is 11.7. The topological polar surface area (TPSA) is 64.1 Å². The third-order valence-electron chi connectivity index (χ3n) is 3.12. The number of hydrogen-bond donors (Lipinski definition) is 1. The van der Waals surface area contributed by atoms with Crippen molar-refractivity contribution in [1.82, 2.24) is 10.2 Å². The molecule has 1 atom stereocenters. The number of hydrogen-bond acceptors (Lipinski definition) is 5. The van der Waals surface area contributed by atoms with E-state index in [2.05, 4.69) is 15.5 Å². The Morgan fingerprint density at radius 2 is 2.20 bits per heavy atom. The van der Waals surface area contributed by atoms with Gasteiger partial charge in [-0.1, -0.05) is 41.7 Å². The summed E-state index contributed by atoms with van der Waals surface area (Å²) in [6.45, 7) is 0.660. The Balaban J connectivity index is 1.60. The molecule has 0 unspecified atom stereocenters. The zero-order chi connectivity index (χ0) is 13.8. The average Bonchev–Trinajstić information content (AvgIpc) is 3.11. The standard InChI is InChI=1S/C14H15N3O2S/c18-13(11-7-4-8-19-11)15-14-17-16-12(20-14)9-10-5-2-1-3-6-10/h1-3,5-6,11H,4,7-9H2,(H,15,17,18)/t11-/m1/s1. The van der Waals surface area contributed by atoms with Crippen molar-refractivity contribution < 1.29 is 9.53 Å². The van der Waals surface area contributed by atoms with Gasteiger partial charge in [-0.2, -0.15) is 0 Å².